The van der Waals surface area contributed by atoms with Crippen LogP contribution in [0.25, 0.3) is 27.7 Å². The summed E-state index contributed by atoms with van der Waals surface area (Å²) < 4.78 is 35.1. The number of aromatic amines is 1. The Labute approximate surface area is 170 Å². The number of ether oxygens (including phenoxy) is 1. The van der Waals surface area contributed by atoms with Gasteiger partial charge < -0.3 is 14.3 Å². The van der Waals surface area contributed by atoms with Gasteiger partial charge in [0.2, 0.25) is 0 Å². The third-order valence-corrected chi connectivity index (χ3v) is 5.39. The number of esters is 1. The zero-order chi connectivity index (χ0) is 21.6. The SMILES string of the molecule is COC(=O)c1cc(-c2cn(-c3c(F)cc([N+](=O)[O-])cc3F)c3cc[nH]c(=O)c23)cs1. The van der Waals surface area contributed by atoms with Crippen LogP contribution in [0.15, 0.2) is 46.8 Å². The highest BCUT2D eigenvalue weighted by Crippen LogP contribution is 2.35. The summed E-state index contributed by atoms with van der Waals surface area (Å²) in [7, 11) is 1.23. The molecule has 3 heterocycles. The molecule has 4 aromatic rings. The molecule has 0 fully saturated rings. The number of fused-ring (bicyclic) bond motifs is 1. The fraction of sp³-hybridized carbons (Fsp3) is 0.0526. The second kappa shape index (κ2) is 7.19. The maximum Gasteiger partial charge on any atom is 0.348 e. The van der Waals surface area contributed by atoms with Gasteiger partial charge in [0, 0.05) is 18.0 Å². The second-order valence-electron chi connectivity index (χ2n) is 6.19. The summed E-state index contributed by atoms with van der Waals surface area (Å²) in [4.78, 5) is 37.0. The van der Waals surface area contributed by atoms with Crippen molar-refractivity contribution in [2.24, 2.45) is 0 Å². The topological polar surface area (TPSA) is 107 Å². The number of non-ortho nitro benzene ring substituents is 1. The van der Waals surface area contributed by atoms with E-state index in [2.05, 4.69) is 9.72 Å². The number of H-pyrrole nitrogens is 1. The molecule has 0 saturated heterocycles. The van der Waals surface area contributed by atoms with Crippen LogP contribution in [0.2, 0.25) is 0 Å². The molecule has 0 aliphatic carbocycles. The molecule has 152 valence electrons. The lowest BCUT2D eigenvalue weighted by Crippen LogP contribution is -2.06. The summed E-state index contributed by atoms with van der Waals surface area (Å²) in [5.74, 6) is -2.88. The molecule has 1 N–H and O–H groups in total. The number of nitrogens with one attached hydrogen (secondary N) is 1. The number of rotatable bonds is 4. The van der Waals surface area contributed by atoms with Gasteiger partial charge in [-0.15, -0.1) is 11.3 Å². The molecule has 0 bridgehead atoms. The summed E-state index contributed by atoms with van der Waals surface area (Å²) in [6, 6.07) is 4.17. The van der Waals surface area contributed by atoms with Crippen LogP contribution in [0, 0.1) is 21.7 Å². The molecule has 4 rings (SSSR count). The monoisotopic (exact) mass is 431 g/mol. The molecule has 0 radical (unpaired) electrons. The van der Waals surface area contributed by atoms with Gasteiger partial charge in [0.1, 0.15) is 10.6 Å². The first kappa shape index (κ1) is 19.5. The zero-order valence-electron chi connectivity index (χ0n) is 15.1. The van der Waals surface area contributed by atoms with Crippen LogP contribution in [0.1, 0.15) is 9.67 Å². The summed E-state index contributed by atoms with van der Waals surface area (Å²) >= 11 is 1.09. The first-order valence-electron chi connectivity index (χ1n) is 8.35. The Morgan fingerprint density at radius 2 is 1.97 bits per heavy atom. The highest BCUT2D eigenvalue weighted by molar-refractivity contribution is 7.12. The molecule has 0 atom stereocenters. The third-order valence-electron chi connectivity index (χ3n) is 4.48. The van der Waals surface area contributed by atoms with Crippen molar-refractivity contribution in [3.05, 3.63) is 79.0 Å². The normalized spacial score (nSPS) is 11.0. The molecule has 0 saturated carbocycles. The number of carbonyl (C=O) groups is 1. The van der Waals surface area contributed by atoms with Crippen molar-refractivity contribution < 1.29 is 23.2 Å². The molecule has 0 spiro atoms. The molecule has 1 aromatic carbocycles. The van der Waals surface area contributed by atoms with E-state index in [1.807, 2.05) is 0 Å². The number of carbonyl (C=O) groups excluding carboxylic acids is 1. The summed E-state index contributed by atoms with van der Waals surface area (Å²) in [5.41, 5.74) is -0.810. The lowest BCUT2D eigenvalue weighted by molar-refractivity contribution is -0.385. The Bertz CT molecular complexity index is 1370. The van der Waals surface area contributed by atoms with E-state index in [-0.39, 0.29) is 15.8 Å². The van der Waals surface area contributed by atoms with Gasteiger partial charge in [-0.1, -0.05) is 0 Å². The van der Waals surface area contributed by atoms with Gasteiger partial charge >= 0.3 is 5.97 Å². The minimum absolute atomic E-state index is 0.142. The number of methoxy groups -OCH3 is 1. The maximum absolute atomic E-state index is 14.6. The molecule has 0 amide bonds. The Hall–Kier alpha value is -3.86. The first-order chi connectivity index (χ1) is 14.3. The smallest absolute Gasteiger partial charge is 0.348 e. The number of thiophene rings is 1. The van der Waals surface area contributed by atoms with E-state index in [1.54, 1.807) is 5.38 Å². The van der Waals surface area contributed by atoms with Gasteiger partial charge in [0.25, 0.3) is 11.2 Å². The minimum atomic E-state index is -1.16. The average Bonchev–Trinajstić information content (AvgIpc) is 3.33. The standard InChI is InChI=1S/C19H11F2N3O5S/c1-29-19(26)15-4-9(8-30-15)11-7-23(14-2-3-22-18(25)16(11)14)17-12(20)5-10(24(27)28)6-13(17)21/h2-8H,1H3,(H,22,25). The van der Waals surface area contributed by atoms with Gasteiger partial charge in [0.05, 0.1) is 35.1 Å². The molecular weight excluding hydrogens is 420 g/mol. The lowest BCUT2D eigenvalue weighted by atomic mass is 10.1. The van der Waals surface area contributed by atoms with Crippen molar-refractivity contribution in [3.63, 3.8) is 0 Å². The van der Waals surface area contributed by atoms with Crippen molar-refractivity contribution in [2.45, 2.75) is 0 Å². The summed E-state index contributed by atoms with van der Waals surface area (Å²) in [5, 5.41) is 12.6. The van der Waals surface area contributed by atoms with Crippen LogP contribution >= 0.6 is 11.3 Å². The van der Waals surface area contributed by atoms with E-state index in [0.29, 0.717) is 23.3 Å². The third kappa shape index (κ3) is 3.05. The van der Waals surface area contributed by atoms with Gasteiger partial charge in [-0.25, -0.2) is 13.6 Å². The number of pyridine rings is 1. The quantitative estimate of drug-likeness (QED) is 0.298. The van der Waals surface area contributed by atoms with Crippen LogP contribution in [-0.4, -0.2) is 27.6 Å². The lowest BCUT2D eigenvalue weighted by Gasteiger charge is -2.08. The minimum Gasteiger partial charge on any atom is -0.465 e. The van der Waals surface area contributed by atoms with E-state index in [9.17, 15) is 28.5 Å². The van der Waals surface area contributed by atoms with Crippen molar-refractivity contribution >= 4 is 33.9 Å². The largest absolute Gasteiger partial charge is 0.465 e. The highest BCUT2D eigenvalue weighted by atomic mass is 32.1. The molecule has 0 unspecified atom stereocenters. The Kier molecular flexibility index (Phi) is 4.66. The van der Waals surface area contributed by atoms with Gasteiger partial charge in [0.15, 0.2) is 11.6 Å². The van der Waals surface area contributed by atoms with Crippen LogP contribution < -0.4 is 5.56 Å². The maximum atomic E-state index is 14.6. The van der Waals surface area contributed by atoms with Crippen LogP contribution in [0.5, 0.6) is 0 Å². The zero-order valence-corrected chi connectivity index (χ0v) is 16.0. The molecule has 8 nitrogen and oxygen atoms in total. The second-order valence-corrected chi connectivity index (χ2v) is 7.10. The van der Waals surface area contributed by atoms with E-state index in [0.717, 1.165) is 15.9 Å². The summed E-state index contributed by atoms with van der Waals surface area (Å²) in [6.07, 6.45) is 2.66. The van der Waals surface area contributed by atoms with Gasteiger partial charge in [-0.05, 0) is 23.1 Å². The van der Waals surface area contributed by atoms with Crippen LogP contribution in [0.3, 0.4) is 0 Å². The number of hydrogen-bond donors (Lipinski definition) is 1. The number of halogens is 2. The molecule has 0 aliphatic heterocycles. The molecular formula is C19H11F2N3O5S. The van der Waals surface area contributed by atoms with E-state index < -0.39 is 39.5 Å². The number of aromatic nitrogens is 2. The van der Waals surface area contributed by atoms with E-state index in [1.165, 1.54) is 31.6 Å². The fourth-order valence-electron chi connectivity index (χ4n) is 3.17. The van der Waals surface area contributed by atoms with Crippen LogP contribution in [0.4, 0.5) is 14.5 Å². The summed E-state index contributed by atoms with van der Waals surface area (Å²) in [6.45, 7) is 0. The number of nitrogens with zero attached hydrogens (tertiary/aromatic N) is 2. The Balaban J connectivity index is 2.00. The fourth-order valence-corrected chi connectivity index (χ4v) is 3.99. The Morgan fingerprint density at radius 3 is 2.60 bits per heavy atom. The average molecular weight is 431 g/mol. The van der Waals surface area contributed by atoms with Crippen molar-refractivity contribution in [2.75, 3.05) is 7.11 Å². The number of nitro benzene ring substituents is 1. The van der Waals surface area contributed by atoms with E-state index in [4.69, 9.17) is 0 Å². The van der Waals surface area contributed by atoms with Gasteiger partial charge in [-0.3, -0.25) is 14.9 Å². The van der Waals surface area contributed by atoms with Crippen LogP contribution in [-0.2, 0) is 4.74 Å². The highest BCUT2D eigenvalue weighted by Gasteiger charge is 2.23. The number of nitro groups is 1. The van der Waals surface area contributed by atoms with E-state index >= 15 is 0 Å². The Morgan fingerprint density at radius 1 is 1.27 bits per heavy atom. The van der Waals surface area contributed by atoms with Gasteiger partial charge in [-0.2, -0.15) is 0 Å². The predicted octanol–water partition coefficient (Wildman–Crippen LogP) is 4.02. The molecule has 30 heavy (non-hydrogen) atoms. The van der Waals surface area contributed by atoms with Crippen molar-refractivity contribution in [3.8, 4) is 16.8 Å². The molecule has 3 aromatic heterocycles. The first-order valence-corrected chi connectivity index (χ1v) is 9.23. The molecule has 11 heteroatoms. The van der Waals surface area contributed by atoms with Crippen molar-refractivity contribution in [1.82, 2.24) is 9.55 Å². The number of hydrogen-bond acceptors (Lipinski definition) is 6. The number of benzene rings is 1. The molecule has 0 aliphatic rings. The van der Waals surface area contributed by atoms with Crippen molar-refractivity contribution in [1.29, 1.82) is 0 Å². The predicted molar refractivity (Wildman–Crippen MR) is 105 cm³/mol.